The fraction of sp³-hybridized carbons (Fsp3) is 0.333. The predicted octanol–water partition coefficient (Wildman–Crippen LogP) is -0.0270. The summed E-state index contributed by atoms with van der Waals surface area (Å²) in [5.74, 6) is -0.826. The van der Waals surface area contributed by atoms with E-state index in [1.807, 2.05) is 0 Å². The maximum Gasteiger partial charge on any atom is 0.328 e. The highest BCUT2D eigenvalue weighted by atomic mass is 35.5. The number of hydrogen-bond acceptors (Lipinski definition) is 5. The van der Waals surface area contributed by atoms with Crippen LogP contribution in [0.4, 0.5) is 0 Å². The number of benzene rings is 1. The summed E-state index contributed by atoms with van der Waals surface area (Å²) in [4.78, 5) is 22.7. The number of nitrogens with two attached hydrogens (primary N) is 1. The summed E-state index contributed by atoms with van der Waals surface area (Å²) in [7, 11) is 1.25. The summed E-state index contributed by atoms with van der Waals surface area (Å²) in [6, 6.07) is 5.57. The van der Waals surface area contributed by atoms with Crippen LogP contribution in [0.3, 0.4) is 0 Å². The van der Waals surface area contributed by atoms with E-state index in [0.717, 1.165) is 5.56 Å². The van der Waals surface area contributed by atoms with Gasteiger partial charge in [0, 0.05) is 6.42 Å². The molecule has 0 spiro atoms. The van der Waals surface area contributed by atoms with Crippen LogP contribution >= 0.6 is 12.4 Å². The van der Waals surface area contributed by atoms with Crippen molar-refractivity contribution < 1.29 is 19.4 Å². The van der Waals surface area contributed by atoms with Gasteiger partial charge in [-0.05, 0) is 17.7 Å². The van der Waals surface area contributed by atoms with Gasteiger partial charge in [-0.3, -0.25) is 4.79 Å². The molecule has 0 aliphatic carbocycles. The van der Waals surface area contributed by atoms with E-state index in [9.17, 15) is 9.59 Å². The monoisotopic (exact) mass is 288 g/mol. The Bertz CT molecular complexity index is 422. The average molecular weight is 289 g/mol. The van der Waals surface area contributed by atoms with Gasteiger partial charge in [0.1, 0.15) is 11.8 Å². The first kappa shape index (κ1) is 17.2. The van der Waals surface area contributed by atoms with Crippen LogP contribution in [0.2, 0.25) is 0 Å². The van der Waals surface area contributed by atoms with Gasteiger partial charge < -0.3 is 20.9 Å². The number of carbonyl (C=O) groups is 2. The Kier molecular flexibility index (Phi) is 7.55. The number of methoxy groups -OCH3 is 1. The van der Waals surface area contributed by atoms with Crippen molar-refractivity contribution in [3.63, 3.8) is 0 Å². The Morgan fingerprint density at radius 1 is 1.37 bits per heavy atom. The zero-order valence-electron chi connectivity index (χ0n) is 10.5. The molecule has 0 unspecified atom stereocenters. The molecule has 0 bridgehead atoms. The van der Waals surface area contributed by atoms with Crippen molar-refractivity contribution >= 4 is 24.3 Å². The van der Waals surface area contributed by atoms with Gasteiger partial charge in [-0.15, -0.1) is 12.4 Å². The molecule has 1 aromatic rings. The third kappa shape index (κ3) is 5.58. The number of phenolic OH excluding ortho intramolecular Hbond substituents is 1. The summed E-state index contributed by atoms with van der Waals surface area (Å²) in [5, 5.41) is 11.6. The Hall–Kier alpha value is -1.79. The second-order valence-corrected chi connectivity index (χ2v) is 3.72. The molecule has 0 radical (unpaired) electrons. The van der Waals surface area contributed by atoms with Crippen molar-refractivity contribution in [3.05, 3.63) is 29.8 Å². The van der Waals surface area contributed by atoms with Gasteiger partial charge in [0.2, 0.25) is 5.91 Å². The molecule has 0 saturated heterocycles. The predicted molar refractivity (Wildman–Crippen MR) is 72.1 cm³/mol. The average Bonchev–Trinajstić information content (AvgIpc) is 2.39. The molecule has 1 atom stereocenters. The molecule has 4 N–H and O–H groups in total. The van der Waals surface area contributed by atoms with Gasteiger partial charge >= 0.3 is 5.97 Å². The van der Waals surface area contributed by atoms with Crippen LogP contribution < -0.4 is 11.1 Å². The number of rotatable bonds is 5. The minimum absolute atomic E-state index is 0. The van der Waals surface area contributed by atoms with Crippen LogP contribution in [0.5, 0.6) is 5.75 Å². The standard InChI is InChI=1S/C12H16N2O4.ClH/c1-18-12(17)10(14-11(16)7-13)6-8-2-4-9(15)5-3-8;/h2-5,10,15H,6-7,13H2,1H3,(H,14,16);1H/t10-;/m0./s1. The van der Waals surface area contributed by atoms with Gasteiger partial charge in [-0.1, -0.05) is 12.1 Å². The summed E-state index contributed by atoms with van der Waals surface area (Å²) in [6.45, 7) is -0.191. The highest BCUT2D eigenvalue weighted by Gasteiger charge is 2.21. The van der Waals surface area contributed by atoms with Gasteiger partial charge in [0.05, 0.1) is 13.7 Å². The normalized spacial score (nSPS) is 11.1. The topological polar surface area (TPSA) is 102 Å². The fourth-order valence-corrected chi connectivity index (χ4v) is 1.46. The van der Waals surface area contributed by atoms with E-state index in [0.29, 0.717) is 0 Å². The lowest BCUT2D eigenvalue weighted by molar-refractivity contribution is -0.144. The highest BCUT2D eigenvalue weighted by Crippen LogP contribution is 2.11. The van der Waals surface area contributed by atoms with Gasteiger partial charge in [0.25, 0.3) is 0 Å². The van der Waals surface area contributed by atoms with Gasteiger partial charge in [0.15, 0.2) is 0 Å². The molecular weight excluding hydrogens is 272 g/mol. The van der Waals surface area contributed by atoms with Crippen molar-refractivity contribution in [2.45, 2.75) is 12.5 Å². The third-order valence-electron chi connectivity index (χ3n) is 2.38. The van der Waals surface area contributed by atoms with Gasteiger partial charge in [-0.2, -0.15) is 0 Å². The van der Waals surface area contributed by atoms with E-state index in [4.69, 9.17) is 10.8 Å². The summed E-state index contributed by atoms with van der Waals surface area (Å²) in [5.41, 5.74) is 5.97. The van der Waals surface area contributed by atoms with Crippen LogP contribution in [-0.2, 0) is 20.7 Å². The van der Waals surface area contributed by atoms with Crippen LogP contribution in [0.15, 0.2) is 24.3 Å². The number of hydrogen-bond donors (Lipinski definition) is 3. The Morgan fingerprint density at radius 2 is 1.95 bits per heavy atom. The molecule has 6 nitrogen and oxygen atoms in total. The number of esters is 1. The number of nitrogens with one attached hydrogen (secondary N) is 1. The van der Waals surface area contributed by atoms with E-state index in [-0.39, 0.29) is 31.1 Å². The van der Waals surface area contributed by atoms with Gasteiger partial charge in [-0.25, -0.2) is 4.79 Å². The first-order valence-electron chi connectivity index (χ1n) is 5.42. The second-order valence-electron chi connectivity index (χ2n) is 3.72. The largest absolute Gasteiger partial charge is 0.508 e. The third-order valence-corrected chi connectivity index (χ3v) is 2.38. The Balaban J connectivity index is 0.00000324. The first-order valence-corrected chi connectivity index (χ1v) is 5.42. The fourth-order valence-electron chi connectivity index (χ4n) is 1.46. The van der Waals surface area contributed by atoms with Crippen molar-refractivity contribution in [1.29, 1.82) is 0 Å². The molecule has 106 valence electrons. The number of ether oxygens (including phenoxy) is 1. The number of carbonyl (C=O) groups excluding carboxylic acids is 2. The van der Waals surface area contributed by atoms with Crippen molar-refractivity contribution in [1.82, 2.24) is 5.32 Å². The van der Waals surface area contributed by atoms with Crippen LogP contribution in [0.1, 0.15) is 5.56 Å². The minimum Gasteiger partial charge on any atom is -0.508 e. The maximum atomic E-state index is 11.5. The van der Waals surface area contributed by atoms with Crippen LogP contribution in [-0.4, -0.2) is 36.7 Å². The quantitative estimate of drug-likeness (QED) is 0.661. The van der Waals surface area contributed by atoms with E-state index < -0.39 is 17.9 Å². The Labute approximate surface area is 117 Å². The lowest BCUT2D eigenvalue weighted by atomic mass is 10.1. The van der Waals surface area contributed by atoms with Crippen LogP contribution in [0, 0.1) is 0 Å². The Morgan fingerprint density at radius 3 is 2.42 bits per heavy atom. The molecular formula is C12H17ClN2O4. The van der Waals surface area contributed by atoms with Crippen LogP contribution in [0.25, 0.3) is 0 Å². The zero-order valence-corrected chi connectivity index (χ0v) is 11.3. The lowest BCUT2D eigenvalue weighted by Gasteiger charge is -2.16. The molecule has 0 fully saturated rings. The number of phenols is 1. The molecule has 0 aliphatic heterocycles. The lowest BCUT2D eigenvalue weighted by Crippen LogP contribution is -2.45. The maximum absolute atomic E-state index is 11.5. The van der Waals surface area contributed by atoms with E-state index in [1.54, 1.807) is 12.1 Å². The second kappa shape index (κ2) is 8.34. The summed E-state index contributed by atoms with van der Waals surface area (Å²) >= 11 is 0. The summed E-state index contributed by atoms with van der Waals surface area (Å²) in [6.07, 6.45) is 0.276. The molecule has 1 rings (SSSR count). The molecule has 0 heterocycles. The molecule has 0 aromatic heterocycles. The molecule has 1 aromatic carbocycles. The number of halogens is 1. The minimum atomic E-state index is -0.782. The van der Waals surface area contributed by atoms with Crippen molar-refractivity contribution in [2.24, 2.45) is 5.73 Å². The van der Waals surface area contributed by atoms with E-state index in [2.05, 4.69) is 10.1 Å². The van der Waals surface area contributed by atoms with E-state index in [1.165, 1.54) is 19.2 Å². The highest BCUT2D eigenvalue weighted by molar-refractivity contribution is 5.85. The molecule has 1 amide bonds. The smallest absolute Gasteiger partial charge is 0.328 e. The molecule has 0 aliphatic rings. The number of aromatic hydroxyl groups is 1. The van der Waals surface area contributed by atoms with Crippen molar-refractivity contribution in [3.8, 4) is 5.75 Å². The first-order chi connectivity index (χ1) is 8.56. The number of amides is 1. The van der Waals surface area contributed by atoms with E-state index >= 15 is 0 Å². The molecule has 19 heavy (non-hydrogen) atoms. The summed E-state index contributed by atoms with van der Waals surface area (Å²) < 4.78 is 4.61. The van der Waals surface area contributed by atoms with Crippen molar-refractivity contribution in [2.75, 3.05) is 13.7 Å². The zero-order chi connectivity index (χ0) is 13.5. The molecule has 7 heteroatoms. The SMILES string of the molecule is COC(=O)[C@H](Cc1ccc(O)cc1)NC(=O)CN.Cl. The molecule has 0 saturated carbocycles.